The molecular formula is C16H21ClN6O2S. The number of benzene rings is 1. The zero-order chi connectivity index (χ0) is 19.5. The molecule has 8 nitrogen and oxygen atoms in total. The second kappa shape index (κ2) is 7.96. The van der Waals surface area contributed by atoms with Crippen LogP contribution in [0.1, 0.15) is 27.7 Å². The van der Waals surface area contributed by atoms with Gasteiger partial charge in [-0.2, -0.15) is 0 Å². The Morgan fingerprint density at radius 1 is 1.27 bits per heavy atom. The summed E-state index contributed by atoms with van der Waals surface area (Å²) in [6.45, 7) is 7.11. The number of hydrogen-bond donors (Lipinski definition) is 3. The smallest absolute Gasteiger partial charge is 0.321 e. The van der Waals surface area contributed by atoms with E-state index >= 15 is 0 Å². The second-order valence-corrected chi connectivity index (χ2v) is 8.32. The van der Waals surface area contributed by atoms with Crippen molar-refractivity contribution in [1.29, 1.82) is 0 Å². The lowest BCUT2D eigenvalue weighted by Gasteiger charge is -2.21. The molecule has 10 heteroatoms. The van der Waals surface area contributed by atoms with Gasteiger partial charge in [-0.15, -0.1) is 10.2 Å². The third-order valence-electron chi connectivity index (χ3n) is 3.16. The summed E-state index contributed by atoms with van der Waals surface area (Å²) in [6, 6.07) is 6.56. The lowest BCUT2D eigenvalue weighted by molar-refractivity contribution is -0.119. The maximum absolute atomic E-state index is 12.2. The molecule has 140 valence electrons. The Bertz CT molecular complexity index is 817. The zero-order valence-corrected chi connectivity index (χ0v) is 16.5. The molecule has 0 aliphatic carbocycles. The fourth-order valence-corrected chi connectivity index (χ4v) is 2.97. The van der Waals surface area contributed by atoms with Crippen molar-refractivity contribution in [3.63, 3.8) is 0 Å². The quantitative estimate of drug-likeness (QED) is 0.540. The highest BCUT2D eigenvalue weighted by Crippen LogP contribution is 2.28. The molecule has 0 bridgehead atoms. The number of halogens is 1. The monoisotopic (exact) mass is 396 g/mol. The van der Waals surface area contributed by atoms with Crippen molar-refractivity contribution in [2.75, 3.05) is 5.84 Å². The van der Waals surface area contributed by atoms with Gasteiger partial charge in [0.15, 0.2) is 5.82 Å². The van der Waals surface area contributed by atoms with Crippen molar-refractivity contribution in [1.82, 2.24) is 25.5 Å². The topological polar surface area (TPSA) is 115 Å². The number of rotatable bonds is 4. The van der Waals surface area contributed by atoms with Crippen molar-refractivity contribution in [2.45, 2.75) is 43.6 Å². The molecule has 0 aliphatic heterocycles. The zero-order valence-electron chi connectivity index (χ0n) is 14.9. The first kappa shape index (κ1) is 20.1. The minimum atomic E-state index is -0.605. The number of nitrogens with two attached hydrogens (primary N) is 1. The molecule has 0 unspecified atom stereocenters. The molecule has 2 aromatic rings. The lowest BCUT2D eigenvalue weighted by Crippen LogP contribution is -2.49. The van der Waals surface area contributed by atoms with Crippen molar-refractivity contribution in [3.05, 3.63) is 29.3 Å². The molecule has 4 N–H and O–H groups in total. The van der Waals surface area contributed by atoms with Gasteiger partial charge in [0.1, 0.15) is 0 Å². The van der Waals surface area contributed by atoms with Crippen LogP contribution in [0.2, 0.25) is 5.02 Å². The molecule has 0 saturated carbocycles. The van der Waals surface area contributed by atoms with E-state index in [1.807, 2.05) is 26.8 Å². The van der Waals surface area contributed by atoms with Crippen LogP contribution >= 0.6 is 23.4 Å². The Morgan fingerprint density at radius 3 is 2.54 bits per heavy atom. The van der Waals surface area contributed by atoms with Gasteiger partial charge in [-0.05, 0) is 39.8 Å². The Balaban J connectivity index is 2.06. The van der Waals surface area contributed by atoms with Crippen molar-refractivity contribution >= 4 is 35.3 Å². The molecule has 26 heavy (non-hydrogen) atoms. The lowest BCUT2D eigenvalue weighted by atomic mass is 10.1. The average Bonchev–Trinajstić information content (AvgIpc) is 2.86. The third-order valence-corrected chi connectivity index (χ3v) is 4.54. The van der Waals surface area contributed by atoms with Gasteiger partial charge in [0.2, 0.25) is 11.1 Å². The Morgan fingerprint density at radius 2 is 1.92 bits per heavy atom. The van der Waals surface area contributed by atoms with E-state index in [-0.39, 0.29) is 0 Å². The fourth-order valence-electron chi connectivity index (χ4n) is 1.98. The summed E-state index contributed by atoms with van der Waals surface area (Å²) < 4.78 is 1.27. The normalized spacial score (nSPS) is 12.5. The number of nitrogen functional groups attached to an aromatic ring is 1. The number of nitrogens with zero attached hydrogens (tertiary/aromatic N) is 3. The summed E-state index contributed by atoms with van der Waals surface area (Å²) >= 11 is 7.24. The Kier molecular flexibility index (Phi) is 6.14. The third kappa shape index (κ3) is 5.12. The van der Waals surface area contributed by atoms with E-state index in [4.69, 9.17) is 17.4 Å². The molecule has 0 fully saturated rings. The van der Waals surface area contributed by atoms with Gasteiger partial charge >= 0.3 is 6.03 Å². The largest absolute Gasteiger partial charge is 0.335 e. The van der Waals surface area contributed by atoms with Gasteiger partial charge < -0.3 is 11.2 Å². The van der Waals surface area contributed by atoms with E-state index in [1.165, 1.54) is 4.68 Å². The first-order chi connectivity index (χ1) is 12.1. The van der Waals surface area contributed by atoms with Crippen molar-refractivity contribution in [2.24, 2.45) is 0 Å². The second-order valence-electron chi connectivity index (χ2n) is 6.61. The van der Waals surface area contributed by atoms with Crippen LogP contribution in [0, 0.1) is 0 Å². The summed E-state index contributed by atoms with van der Waals surface area (Å²) in [5, 5.41) is 13.2. The van der Waals surface area contributed by atoms with Crippen LogP contribution in [0.3, 0.4) is 0 Å². The van der Waals surface area contributed by atoms with Gasteiger partial charge in [-0.25, -0.2) is 9.47 Å². The van der Waals surface area contributed by atoms with Crippen molar-refractivity contribution < 1.29 is 9.59 Å². The number of urea groups is 1. The average molecular weight is 397 g/mol. The number of thioether (sulfide) groups is 1. The van der Waals surface area contributed by atoms with Crippen molar-refractivity contribution in [3.8, 4) is 11.4 Å². The van der Waals surface area contributed by atoms with Crippen LogP contribution in [0.5, 0.6) is 0 Å². The SMILES string of the molecule is C[C@H](Sc1nnc(-c2ccccc2Cl)n1N)C(=O)NC(=O)NC(C)(C)C. The predicted molar refractivity (Wildman–Crippen MR) is 102 cm³/mol. The number of aromatic nitrogens is 3. The number of amides is 3. The van der Waals surface area contributed by atoms with Crippen LogP contribution in [0.4, 0.5) is 4.79 Å². The number of hydrogen-bond acceptors (Lipinski definition) is 6. The maximum atomic E-state index is 12.2. The summed E-state index contributed by atoms with van der Waals surface area (Å²) in [7, 11) is 0. The van der Waals surface area contributed by atoms with Crippen LogP contribution in [-0.2, 0) is 4.79 Å². The molecule has 2 rings (SSSR count). The predicted octanol–water partition coefficient (Wildman–Crippen LogP) is 2.42. The summed E-state index contributed by atoms with van der Waals surface area (Å²) in [5.41, 5.74) is 0.194. The molecule has 0 aliphatic rings. The number of imide groups is 1. The van der Waals surface area contributed by atoms with E-state index in [0.717, 1.165) is 11.8 Å². The highest BCUT2D eigenvalue weighted by molar-refractivity contribution is 8.00. The highest BCUT2D eigenvalue weighted by atomic mass is 35.5. The molecule has 0 spiro atoms. The molecule has 1 heterocycles. The minimum Gasteiger partial charge on any atom is -0.335 e. The van der Waals surface area contributed by atoms with Gasteiger partial charge in [0.05, 0.1) is 10.3 Å². The molecule has 0 saturated heterocycles. The molecule has 1 aromatic heterocycles. The Labute approximate surface area is 160 Å². The number of nitrogens with one attached hydrogen (secondary N) is 2. The van der Waals surface area contributed by atoms with E-state index in [2.05, 4.69) is 20.8 Å². The molecule has 0 radical (unpaired) electrons. The summed E-state index contributed by atoms with van der Waals surface area (Å²) in [6.07, 6.45) is 0. The molecule has 3 amide bonds. The first-order valence-corrected chi connectivity index (χ1v) is 9.09. The van der Waals surface area contributed by atoms with E-state index < -0.39 is 22.7 Å². The van der Waals surface area contributed by atoms with E-state index in [1.54, 1.807) is 25.1 Å². The Hall–Kier alpha value is -2.26. The highest BCUT2D eigenvalue weighted by Gasteiger charge is 2.23. The van der Waals surface area contributed by atoms with Crippen LogP contribution < -0.4 is 16.5 Å². The number of carbonyl (C=O) groups excluding carboxylic acids is 2. The summed E-state index contributed by atoms with van der Waals surface area (Å²) in [4.78, 5) is 24.0. The standard InChI is InChI=1S/C16H21ClN6O2S/c1-9(13(24)19-14(25)20-16(2,3)4)26-15-22-21-12(23(15)18)10-7-5-6-8-11(10)17/h5-9H,18H2,1-4H3,(H2,19,20,24,25)/t9-/m0/s1. The van der Waals surface area contributed by atoms with Gasteiger partial charge in [-0.1, -0.05) is 35.5 Å². The van der Waals surface area contributed by atoms with Crippen LogP contribution in [0.25, 0.3) is 11.4 Å². The van der Waals surface area contributed by atoms with E-state index in [0.29, 0.717) is 21.6 Å². The molecular weight excluding hydrogens is 376 g/mol. The fraction of sp³-hybridized carbons (Fsp3) is 0.375. The summed E-state index contributed by atoms with van der Waals surface area (Å²) in [5.74, 6) is 5.96. The van der Waals surface area contributed by atoms with Gasteiger partial charge in [-0.3, -0.25) is 10.1 Å². The van der Waals surface area contributed by atoms with Crippen LogP contribution in [-0.4, -0.2) is 37.6 Å². The first-order valence-electron chi connectivity index (χ1n) is 7.83. The number of carbonyl (C=O) groups is 2. The van der Waals surface area contributed by atoms with Crippen LogP contribution in [0.15, 0.2) is 29.4 Å². The molecule has 1 aromatic carbocycles. The van der Waals surface area contributed by atoms with Gasteiger partial charge in [0.25, 0.3) is 0 Å². The molecule has 1 atom stereocenters. The van der Waals surface area contributed by atoms with E-state index in [9.17, 15) is 9.59 Å². The maximum Gasteiger partial charge on any atom is 0.321 e. The minimum absolute atomic E-state index is 0.332. The van der Waals surface area contributed by atoms with Gasteiger partial charge in [0, 0.05) is 11.1 Å².